The van der Waals surface area contributed by atoms with Crippen LogP contribution in [0.5, 0.6) is 0 Å². The highest BCUT2D eigenvalue weighted by Gasteiger charge is 2.24. The first-order valence-electron chi connectivity index (χ1n) is 9.76. The molecule has 2 aromatic carbocycles. The molecule has 1 saturated heterocycles. The lowest BCUT2D eigenvalue weighted by Gasteiger charge is -2.33. The molecule has 144 valence electrons. The van der Waals surface area contributed by atoms with Crippen molar-refractivity contribution in [2.75, 3.05) is 12.3 Å². The Balaban J connectivity index is 1.56. The predicted octanol–water partition coefficient (Wildman–Crippen LogP) is 5.50. The van der Waals surface area contributed by atoms with E-state index in [1.165, 1.54) is 18.2 Å². The zero-order valence-corrected chi connectivity index (χ0v) is 16.8. The van der Waals surface area contributed by atoms with Crippen LogP contribution in [-0.4, -0.2) is 34.1 Å². The zero-order valence-electron chi connectivity index (χ0n) is 16.0. The summed E-state index contributed by atoms with van der Waals surface area (Å²) in [5.41, 5.74) is 2.80. The van der Waals surface area contributed by atoms with Gasteiger partial charge in [0.1, 0.15) is 5.69 Å². The predicted molar refractivity (Wildman–Crippen MR) is 113 cm³/mol. The highest BCUT2D eigenvalue weighted by molar-refractivity contribution is 7.99. The third-order valence-corrected chi connectivity index (χ3v) is 5.95. The molecule has 0 aliphatic carbocycles. The van der Waals surface area contributed by atoms with E-state index < -0.39 is 0 Å². The molecule has 0 bridgehead atoms. The summed E-state index contributed by atoms with van der Waals surface area (Å²) in [6.07, 6.45) is 3.39. The van der Waals surface area contributed by atoms with Gasteiger partial charge in [-0.1, -0.05) is 72.4 Å². The van der Waals surface area contributed by atoms with Crippen molar-refractivity contribution >= 4 is 17.7 Å². The molecule has 0 unspecified atom stereocenters. The summed E-state index contributed by atoms with van der Waals surface area (Å²) in [4.78, 5) is 19.4. The molecule has 4 rings (SSSR count). The lowest BCUT2D eigenvalue weighted by atomic mass is 10.0. The van der Waals surface area contributed by atoms with Crippen molar-refractivity contribution in [2.24, 2.45) is 0 Å². The minimum Gasteiger partial charge on any atom is -0.431 e. The molecule has 1 fully saturated rings. The first-order valence-corrected chi connectivity index (χ1v) is 10.7. The van der Waals surface area contributed by atoms with Crippen LogP contribution in [0.4, 0.5) is 0 Å². The van der Waals surface area contributed by atoms with E-state index in [0.717, 1.165) is 42.0 Å². The van der Waals surface area contributed by atoms with Crippen molar-refractivity contribution in [1.29, 1.82) is 0 Å². The first-order chi connectivity index (χ1) is 13.7. The van der Waals surface area contributed by atoms with Crippen LogP contribution in [0, 0.1) is 0 Å². The second-order valence-corrected chi connectivity index (χ2v) is 8.04. The molecular formula is C23H24N2O2S. The largest absolute Gasteiger partial charge is 0.431 e. The fourth-order valence-electron chi connectivity index (χ4n) is 3.61. The van der Waals surface area contributed by atoms with Gasteiger partial charge in [-0.2, -0.15) is 0 Å². The summed E-state index contributed by atoms with van der Waals surface area (Å²) in [7, 11) is 0. The molecule has 1 aliphatic rings. The maximum atomic E-state index is 12.6. The molecule has 5 heteroatoms. The van der Waals surface area contributed by atoms with E-state index in [1.54, 1.807) is 0 Å². The molecule has 1 aromatic heterocycles. The number of nitrogens with zero attached hydrogens (tertiary/aromatic N) is 2. The van der Waals surface area contributed by atoms with E-state index in [2.05, 4.69) is 6.92 Å². The second-order valence-electron chi connectivity index (χ2n) is 7.11. The second kappa shape index (κ2) is 8.65. The Bertz CT molecular complexity index is 867. The molecule has 4 nitrogen and oxygen atoms in total. The average molecular weight is 393 g/mol. The molecule has 2 heterocycles. The summed E-state index contributed by atoms with van der Waals surface area (Å²) in [5, 5.41) is 0.538. The number of hydrogen-bond acceptors (Lipinski definition) is 4. The Hall–Kier alpha value is -2.53. The number of amides is 1. The van der Waals surface area contributed by atoms with Gasteiger partial charge in [0.2, 0.25) is 5.91 Å². The fraction of sp³-hybridized carbons (Fsp3) is 0.304. The van der Waals surface area contributed by atoms with Crippen molar-refractivity contribution in [3.05, 3.63) is 60.7 Å². The Kier molecular flexibility index (Phi) is 5.81. The standard InChI is InChI=1S/C23H24N2O2S/c1-17-10-8-9-15-25(17)20(26)16-28-23-24-21(18-11-4-2-5-12-18)22(27-23)19-13-6-3-7-14-19/h2-7,11-14,17H,8-10,15-16H2,1H3/t17-/m0/s1. The smallest absolute Gasteiger partial charge is 0.257 e. The van der Waals surface area contributed by atoms with Crippen LogP contribution in [-0.2, 0) is 4.79 Å². The third-order valence-electron chi connectivity index (χ3n) is 5.13. The van der Waals surface area contributed by atoms with Crippen molar-refractivity contribution in [3.8, 4) is 22.6 Å². The Labute approximate surface area is 170 Å². The van der Waals surface area contributed by atoms with Gasteiger partial charge < -0.3 is 9.32 Å². The number of carbonyl (C=O) groups is 1. The number of benzene rings is 2. The van der Waals surface area contributed by atoms with Gasteiger partial charge in [0.15, 0.2) is 5.76 Å². The van der Waals surface area contributed by atoms with E-state index in [4.69, 9.17) is 9.40 Å². The summed E-state index contributed by atoms with van der Waals surface area (Å²) in [6.45, 7) is 2.99. The van der Waals surface area contributed by atoms with Gasteiger partial charge in [-0.3, -0.25) is 4.79 Å². The van der Waals surface area contributed by atoms with Gasteiger partial charge in [-0.25, -0.2) is 4.98 Å². The Morgan fingerprint density at radius 3 is 2.43 bits per heavy atom. The topological polar surface area (TPSA) is 46.3 Å². The highest BCUT2D eigenvalue weighted by Crippen LogP contribution is 2.35. The summed E-state index contributed by atoms with van der Waals surface area (Å²) >= 11 is 1.38. The molecular weight excluding hydrogens is 368 g/mol. The molecule has 0 N–H and O–H groups in total. The quantitative estimate of drug-likeness (QED) is 0.538. The summed E-state index contributed by atoms with van der Waals surface area (Å²) in [6, 6.07) is 20.3. The van der Waals surface area contributed by atoms with E-state index in [0.29, 0.717) is 17.0 Å². The molecule has 1 atom stereocenters. The average Bonchev–Trinajstić information content (AvgIpc) is 3.18. The van der Waals surface area contributed by atoms with Gasteiger partial charge in [-0.05, 0) is 26.2 Å². The lowest BCUT2D eigenvalue weighted by Crippen LogP contribution is -2.42. The van der Waals surface area contributed by atoms with Crippen LogP contribution in [0.25, 0.3) is 22.6 Å². The first kappa shape index (κ1) is 18.8. The van der Waals surface area contributed by atoms with Crippen LogP contribution in [0.3, 0.4) is 0 Å². The minimum absolute atomic E-state index is 0.165. The normalized spacial score (nSPS) is 16.9. The SMILES string of the molecule is C[C@H]1CCCCN1C(=O)CSc1nc(-c2ccccc2)c(-c2ccccc2)o1. The number of oxazole rings is 1. The van der Waals surface area contributed by atoms with Crippen molar-refractivity contribution in [1.82, 2.24) is 9.88 Å². The Morgan fingerprint density at radius 1 is 1.07 bits per heavy atom. The molecule has 1 aliphatic heterocycles. The maximum Gasteiger partial charge on any atom is 0.257 e. The van der Waals surface area contributed by atoms with Crippen LogP contribution in [0.1, 0.15) is 26.2 Å². The van der Waals surface area contributed by atoms with E-state index >= 15 is 0 Å². The van der Waals surface area contributed by atoms with Crippen molar-refractivity contribution in [3.63, 3.8) is 0 Å². The number of thioether (sulfide) groups is 1. The third kappa shape index (κ3) is 4.14. The van der Waals surface area contributed by atoms with Crippen LogP contribution in [0.2, 0.25) is 0 Å². The van der Waals surface area contributed by atoms with Crippen molar-refractivity contribution < 1.29 is 9.21 Å². The van der Waals surface area contributed by atoms with Crippen LogP contribution < -0.4 is 0 Å². The molecule has 1 amide bonds. The Morgan fingerprint density at radius 2 is 1.75 bits per heavy atom. The van der Waals surface area contributed by atoms with Gasteiger partial charge in [0.25, 0.3) is 5.22 Å². The van der Waals surface area contributed by atoms with Gasteiger partial charge in [0, 0.05) is 23.7 Å². The van der Waals surface area contributed by atoms with Gasteiger partial charge in [-0.15, -0.1) is 0 Å². The molecule has 0 saturated carbocycles. The molecule has 0 radical (unpaired) electrons. The van der Waals surface area contributed by atoms with E-state index in [-0.39, 0.29) is 5.91 Å². The van der Waals surface area contributed by atoms with Crippen LogP contribution in [0.15, 0.2) is 70.3 Å². The van der Waals surface area contributed by atoms with Crippen LogP contribution >= 0.6 is 11.8 Å². The summed E-state index contributed by atoms with van der Waals surface area (Å²) < 4.78 is 6.10. The summed E-state index contributed by atoms with van der Waals surface area (Å²) in [5.74, 6) is 1.26. The van der Waals surface area contributed by atoms with Gasteiger partial charge in [0.05, 0.1) is 5.75 Å². The number of rotatable bonds is 5. The molecule has 28 heavy (non-hydrogen) atoms. The fourth-order valence-corrected chi connectivity index (χ4v) is 4.32. The number of hydrogen-bond donors (Lipinski definition) is 0. The number of piperidine rings is 1. The molecule has 3 aromatic rings. The monoisotopic (exact) mass is 392 g/mol. The number of likely N-dealkylation sites (tertiary alicyclic amines) is 1. The number of aromatic nitrogens is 1. The number of carbonyl (C=O) groups excluding carboxylic acids is 1. The maximum absolute atomic E-state index is 12.6. The van der Waals surface area contributed by atoms with Crippen molar-refractivity contribution in [2.45, 2.75) is 37.5 Å². The minimum atomic E-state index is 0.165. The lowest BCUT2D eigenvalue weighted by molar-refractivity contribution is -0.131. The molecule has 0 spiro atoms. The van der Waals surface area contributed by atoms with E-state index in [9.17, 15) is 4.79 Å². The van der Waals surface area contributed by atoms with Gasteiger partial charge >= 0.3 is 0 Å². The van der Waals surface area contributed by atoms with E-state index in [1.807, 2.05) is 65.6 Å². The zero-order chi connectivity index (χ0) is 19.3. The highest BCUT2D eigenvalue weighted by atomic mass is 32.2.